The quantitative estimate of drug-likeness (QED) is 0.307. The van der Waals surface area contributed by atoms with Gasteiger partial charge in [0.1, 0.15) is 24.4 Å². The molecule has 2 unspecified atom stereocenters. The maximum atomic E-state index is 10.9. The fourth-order valence-corrected chi connectivity index (χ4v) is 10.2. The topological polar surface area (TPSA) is 109 Å². The van der Waals surface area contributed by atoms with Gasteiger partial charge in [-0.3, -0.25) is 0 Å². The van der Waals surface area contributed by atoms with E-state index in [0.29, 0.717) is 16.1 Å². The summed E-state index contributed by atoms with van der Waals surface area (Å²) in [5.74, 6) is -1.84. The Morgan fingerprint density at radius 3 is 1.95 bits per heavy atom. The highest BCUT2D eigenvalue weighted by Crippen LogP contribution is 2.41. The molecule has 1 saturated heterocycles. The lowest BCUT2D eigenvalue weighted by atomic mass is 9.87. The molecule has 3 aromatic carbocycles. The molecule has 0 aliphatic carbocycles. The summed E-state index contributed by atoms with van der Waals surface area (Å²) in [6.07, 6.45) is -5.90. The molecule has 0 aromatic heterocycles. The van der Waals surface area contributed by atoms with Crippen LogP contribution in [0.2, 0.25) is 10.1 Å². The van der Waals surface area contributed by atoms with Crippen LogP contribution >= 0.6 is 11.6 Å². The van der Waals surface area contributed by atoms with Gasteiger partial charge >= 0.3 is 0 Å². The van der Waals surface area contributed by atoms with Crippen molar-refractivity contribution in [3.63, 3.8) is 0 Å². The molecule has 1 aliphatic rings. The van der Waals surface area contributed by atoms with Crippen LogP contribution in [0.15, 0.2) is 78.9 Å². The maximum absolute atomic E-state index is 10.9. The summed E-state index contributed by atoms with van der Waals surface area (Å²) < 4.78 is 18.5. The minimum Gasteiger partial charge on any atom is -0.403 e. The Balaban J connectivity index is 1.78. The Labute approximate surface area is 235 Å². The summed E-state index contributed by atoms with van der Waals surface area (Å²) in [6, 6.07) is 25.5. The van der Waals surface area contributed by atoms with Gasteiger partial charge in [0.2, 0.25) is 5.79 Å². The second kappa shape index (κ2) is 11.8. The highest BCUT2D eigenvalue weighted by molar-refractivity contribution is 6.99. The van der Waals surface area contributed by atoms with Crippen molar-refractivity contribution in [2.24, 2.45) is 0 Å². The molecule has 5 atom stereocenters. The lowest BCUT2D eigenvalue weighted by Crippen LogP contribution is -2.66. The maximum Gasteiger partial charge on any atom is 0.261 e. The zero-order chi connectivity index (χ0) is 28.4. The minimum absolute atomic E-state index is 0.157. The number of aliphatic hydroxyl groups excluding tert-OH is 4. The van der Waals surface area contributed by atoms with Gasteiger partial charge in [-0.1, -0.05) is 99.1 Å². The van der Waals surface area contributed by atoms with E-state index in [1.54, 1.807) is 18.2 Å². The van der Waals surface area contributed by atoms with Crippen LogP contribution in [0.25, 0.3) is 0 Å². The molecule has 210 valence electrons. The van der Waals surface area contributed by atoms with Crippen LogP contribution in [0.4, 0.5) is 0 Å². The number of aliphatic hydroxyl groups is 4. The molecule has 4 rings (SSSR count). The number of hydrogen-bond donors (Lipinski definition) is 4. The van der Waals surface area contributed by atoms with Crippen LogP contribution in [-0.4, -0.2) is 66.9 Å². The average Bonchev–Trinajstić information content (AvgIpc) is 2.94. The van der Waals surface area contributed by atoms with Gasteiger partial charge in [-0.15, -0.1) is 0 Å². The fraction of sp³-hybridized carbons (Fsp3) is 0.400. The van der Waals surface area contributed by atoms with E-state index in [4.69, 9.17) is 25.5 Å². The average molecular weight is 573 g/mol. The molecule has 1 heterocycles. The number of hydrogen-bond acceptors (Lipinski definition) is 7. The van der Waals surface area contributed by atoms with E-state index in [2.05, 4.69) is 45.0 Å². The van der Waals surface area contributed by atoms with Gasteiger partial charge in [0.05, 0.1) is 13.2 Å². The highest BCUT2D eigenvalue weighted by Gasteiger charge is 2.55. The Morgan fingerprint density at radius 2 is 1.46 bits per heavy atom. The lowest BCUT2D eigenvalue weighted by molar-refractivity contribution is -0.366. The van der Waals surface area contributed by atoms with E-state index >= 15 is 0 Å². The van der Waals surface area contributed by atoms with E-state index in [9.17, 15) is 20.4 Å². The van der Waals surface area contributed by atoms with Crippen molar-refractivity contribution in [2.75, 3.05) is 13.7 Å². The molecule has 9 heteroatoms. The predicted molar refractivity (Wildman–Crippen MR) is 153 cm³/mol. The largest absolute Gasteiger partial charge is 0.403 e. The van der Waals surface area contributed by atoms with Crippen LogP contribution < -0.4 is 10.4 Å². The molecule has 7 nitrogen and oxygen atoms in total. The molecule has 39 heavy (non-hydrogen) atoms. The van der Waals surface area contributed by atoms with Crippen LogP contribution in [0.5, 0.6) is 0 Å². The van der Waals surface area contributed by atoms with Crippen molar-refractivity contribution >= 4 is 30.3 Å². The summed E-state index contributed by atoms with van der Waals surface area (Å²) in [5.41, 5.74) is 1.00. The number of halogens is 1. The molecule has 0 radical (unpaired) electrons. The number of methoxy groups -OCH3 is 1. The van der Waals surface area contributed by atoms with Gasteiger partial charge in [0, 0.05) is 17.7 Å². The smallest absolute Gasteiger partial charge is 0.261 e. The second-order valence-electron chi connectivity index (χ2n) is 10.9. The zero-order valence-electron chi connectivity index (χ0n) is 22.6. The first-order chi connectivity index (χ1) is 18.5. The van der Waals surface area contributed by atoms with Crippen molar-refractivity contribution in [3.05, 3.63) is 95.0 Å². The van der Waals surface area contributed by atoms with Crippen molar-refractivity contribution in [2.45, 2.75) is 62.6 Å². The zero-order valence-corrected chi connectivity index (χ0v) is 24.4. The molecule has 1 fully saturated rings. The van der Waals surface area contributed by atoms with Crippen molar-refractivity contribution in [1.29, 1.82) is 0 Å². The van der Waals surface area contributed by atoms with Crippen molar-refractivity contribution < 1.29 is 34.3 Å². The third kappa shape index (κ3) is 5.34. The first kappa shape index (κ1) is 29.9. The number of rotatable bonds is 8. The molecule has 1 aliphatic heterocycles. The molecule has 4 N–H and O–H groups in total. The summed E-state index contributed by atoms with van der Waals surface area (Å²) in [6.45, 7) is 6.14. The third-order valence-electron chi connectivity index (χ3n) is 7.56. The molecular weight excluding hydrogens is 536 g/mol. The molecule has 0 bridgehead atoms. The Hall–Kier alpha value is -2.11. The molecule has 3 aromatic rings. The van der Waals surface area contributed by atoms with Crippen LogP contribution in [0, 0.1) is 0 Å². The van der Waals surface area contributed by atoms with Gasteiger partial charge in [-0.2, -0.15) is 0 Å². The highest BCUT2D eigenvalue weighted by atomic mass is 35.5. The van der Waals surface area contributed by atoms with E-state index in [1.165, 1.54) is 7.11 Å². The molecule has 0 spiro atoms. The Morgan fingerprint density at radius 1 is 0.897 bits per heavy atom. The van der Waals surface area contributed by atoms with E-state index < -0.39 is 45.1 Å². The Bertz CT molecular complexity index is 1200. The fourth-order valence-electron chi connectivity index (χ4n) is 5.52. The van der Waals surface area contributed by atoms with Crippen LogP contribution in [0.3, 0.4) is 0 Å². The summed E-state index contributed by atoms with van der Waals surface area (Å²) in [4.78, 5) is 0. The van der Waals surface area contributed by atoms with Crippen LogP contribution in [0.1, 0.15) is 31.9 Å². The summed E-state index contributed by atoms with van der Waals surface area (Å²) in [5, 5.41) is 43.9. The molecular formula is C30H37ClO7Si. The van der Waals surface area contributed by atoms with Gasteiger partial charge in [0.15, 0.2) is 0 Å². The first-order valence-electron chi connectivity index (χ1n) is 12.9. The second-order valence-corrected chi connectivity index (χ2v) is 15.6. The molecule has 0 amide bonds. The predicted octanol–water partition coefficient (Wildman–Crippen LogP) is 2.69. The van der Waals surface area contributed by atoms with Crippen LogP contribution in [-0.2, 0) is 26.3 Å². The number of benzene rings is 3. The number of ether oxygens (including phenoxy) is 2. The van der Waals surface area contributed by atoms with Gasteiger partial charge in [-0.05, 0) is 33.1 Å². The summed E-state index contributed by atoms with van der Waals surface area (Å²) in [7, 11) is -1.54. The van der Waals surface area contributed by atoms with Crippen molar-refractivity contribution in [3.8, 4) is 0 Å². The van der Waals surface area contributed by atoms with Crippen molar-refractivity contribution in [1.82, 2.24) is 0 Å². The SMILES string of the molecule is COC1(c2ccc(Cl)c(CO[Si](c3ccccc3)(c3ccccc3)C(C)(C)C)c2)OC(CO)[C@@H](O)[C@H](O)[C@@H]1O. The van der Waals surface area contributed by atoms with Gasteiger partial charge in [0.25, 0.3) is 8.32 Å². The van der Waals surface area contributed by atoms with Gasteiger partial charge < -0.3 is 34.3 Å². The monoisotopic (exact) mass is 572 g/mol. The normalized spacial score (nSPS) is 26.0. The molecule has 0 saturated carbocycles. The first-order valence-corrected chi connectivity index (χ1v) is 15.2. The minimum atomic E-state index is -2.87. The van der Waals surface area contributed by atoms with E-state index in [-0.39, 0.29) is 11.6 Å². The Kier molecular flexibility index (Phi) is 9.02. The van der Waals surface area contributed by atoms with E-state index in [1.807, 2.05) is 36.4 Å². The third-order valence-corrected chi connectivity index (χ3v) is 12.9. The summed E-state index contributed by atoms with van der Waals surface area (Å²) >= 11 is 6.66. The lowest BCUT2D eigenvalue weighted by Gasteiger charge is -2.47. The van der Waals surface area contributed by atoms with Gasteiger partial charge in [-0.25, -0.2) is 0 Å². The standard InChI is InChI=1S/C30H37ClO7Si/c1-29(2,3)39(22-11-7-5-8-12-22,23-13-9-6-10-14-23)37-19-20-17-21(15-16-24(20)31)30(36-4)28(35)27(34)26(33)25(18-32)38-30/h5-17,25-28,32-35H,18-19H2,1-4H3/t25?,26-,27+,28+,30?/m1/s1. The van der Waals surface area contributed by atoms with E-state index in [0.717, 1.165) is 10.4 Å².